The minimum Gasteiger partial charge on any atom is -0.273 e. The van der Waals surface area contributed by atoms with Gasteiger partial charge in [0, 0.05) is 5.02 Å². The molecule has 0 saturated carbocycles. The van der Waals surface area contributed by atoms with E-state index in [-0.39, 0.29) is 11.4 Å². The highest BCUT2D eigenvalue weighted by Gasteiger charge is 2.37. The lowest BCUT2D eigenvalue weighted by molar-refractivity contribution is -0.122. The number of imide groups is 2. The van der Waals surface area contributed by atoms with Crippen LogP contribution in [-0.2, 0) is 16.0 Å². The van der Waals surface area contributed by atoms with E-state index >= 15 is 0 Å². The summed E-state index contributed by atoms with van der Waals surface area (Å²) in [6, 6.07) is 16.0. The average Bonchev–Trinajstić information content (AvgIpc) is 2.75. The number of benzene rings is 3. The van der Waals surface area contributed by atoms with Crippen LogP contribution in [0.3, 0.4) is 0 Å². The molecule has 1 N–H and O–H groups in total. The second-order valence-corrected chi connectivity index (χ2v) is 8.31. The normalized spacial score (nSPS) is 15.2. The number of nitrogens with zero attached hydrogens (tertiary/aromatic N) is 1. The average molecular weight is 463 g/mol. The van der Waals surface area contributed by atoms with Crippen LogP contribution in [-0.4, -0.2) is 17.8 Å². The minimum absolute atomic E-state index is 0.176. The predicted molar refractivity (Wildman–Crippen MR) is 126 cm³/mol. The molecule has 1 heterocycles. The van der Waals surface area contributed by atoms with Gasteiger partial charge in [-0.1, -0.05) is 48.0 Å². The molecule has 33 heavy (non-hydrogen) atoms. The Bertz CT molecular complexity index is 1330. The summed E-state index contributed by atoms with van der Waals surface area (Å²) in [6.07, 6.45) is 1.84. The zero-order valence-corrected chi connectivity index (χ0v) is 18.7. The Morgan fingerprint density at radius 1 is 1.00 bits per heavy atom. The van der Waals surface area contributed by atoms with Gasteiger partial charge in [0.1, 0.15) is 11.4 Å². The summed E-state index contributed by atoms with van der Waals surface area (Å²) in [5, 5.41) is 2.65. The quantitative estimate of drug-likeness (QED) is 0.419. The van der Waals surface area contributed by atoms with E-state index in [9.17, 15) is 18.8 Å². The number of aryl methyl sites for hydroxylation is 2. The summed E-state index contributed by atoms with van der Waals surface area (Å²) in [6.45, 7) is 3.64. The van der Waals surface area contributed by atoms with Crippen LogP contribution < -0.4 is 10.2 Å². The lowest BCUT2D eigenvalue weighted by Gasteiger charge is -2.27. The van der Waals surface area contributed by atoms with Gasteiger partial charge in [0.2, 0.25) is 0 Å². The van der Waals surface area contributed by atoms with Crippen molar-refractivity contribution in [3.63, 3.8) is 0 Å². The number of carbonyl (C=O) groups is 3. The first-order chi connectivity index (χ1) is 15.7. The molecule has 166 valence electrons. The summed E-state index contributed by atoms with van der Waals surface area (Å²) in [7, 11) is 0. The maximum atomic E-state index is 13.5. The number of hydrogen-bond donors (Lipinski definition) is 1. The number of amides is 4. The third kappa shape index (κ3) is 4.71. The molecule has 1 saturated heterocycles. The van der Waals surface area contributed by atoms with Gasteiger partial charge in [-0.3, -0.25) is 14.9 Å². The molecule has 0 atom stereocenters. The zero-order valence-electron chi connectivity index (χ0n) is 18.0. The van der Waals surface area contributed by atoms with Crippen LogP contribution in [0.4, 0.5) is 14.9 Å². The fraction of sp³-hybridized carbons (Fsp3) is 0.115. The summed E-state index contributed by atoms with van der Waals surface area (Å²) in [5.41, 5.74) is 3.91. The van der Waals surface area contributed by atoms with Crippen LogP contribution in [0.2, 0.25) is 5.02 Å². The fourth-order valence-corrected chi connectivity index (χ4v) is 3.92. The van der Waals surface area contributed by atoms with Crippen molar-refractivity contribution in [1.82, 2.24) is 5.32 Å². The van der Waals surface area contributed by atoms with Gasteiger partial charge in [-0.15, -0.1) is 0 Å². The molecule has 7 heteroatoms. The Morgan fingerprint density at radius 3 is 2.52 bits per heavy atom. The molecule has 3 aromatic carbocycles. The topological polar surface area (TPSA) is 66.5 Å². The molecule has 4 amide bonds. The Kier molecular flexibility index (Phi) is 6.11. The minimum atomic E-state index is -0.792. The van der Waals surface area contributed by atoms with Crippen molar-refractivity contribution in [2.45, 2.75) is 20.3 Å². The van der Waals surface area contributed by atoms with Crippen LogP contribution >= 0.6 is 11.6 Å². The molecule has 5 nitrogen and oxygen atoms in total. The molecule has 1 aliphatic rings. The van der Waals surface area contributed by atoms with Gasteiger partial charge in [-0.25, -0.2) is 14.1 Å². The zero-order chi connectivity index (χ0) is 23.7. The highest BCUT2D eigenvalue weighted by atomic mass is 35.5. The van der Waals surface area contributed by atoms with Gasteiger partial charge in [-0.05, 0) is 78.4 Å². The molecule has 0 spiro atoms. The fourth-order valence-electron chi connectivity index (χ4n) is 3.67. The first-order valence-electron chi connectivity index (χ1n) is 10.2. The van der Waals surface area contributed by atoms with E-state index in [0.29, 0.717) is 22.7 Å². The number of carbonyl (C=O) groups excluding carboxylic acids is 3. The molecule has 1 fully saturated rings. The van der Waals surface area contributed by atoms with Crippen molar-refractivity contribution in [1.29, 1.82) is 0 Å². The lowest BCUT2D eigenvalue weighted by Crippen LogP contribution is -2.54. The van der Waals surface area contributed by atoms with Crippen molar-refractivity contribution < 1.29 is 18.8 Å². The van der Waals surface area contributed by atoms with E-state index in [0.717, 1.165) is 27.2 Å². The standard InChI is InChI=1S/C26H20ClFN2O3/c1-15-6-7-16(2)23(10-15)30-25(32)21(24(31)29-26(30)33)13-18-8-9-19(22(27)14-18)11-17-4-3-5-20(28)12-17/h3-10,12-14H,11H2,1-2H3,(H,29,31,33)/b21-13+. The van der Waals surface area contributed by atoms with Crippen LogP contribution in [0.25, 0.3) is 6.08 Å². The van der Waals surface area contributed by atoms with E-state index in [1.165, 1.54) is 18.2 Å². The molecule has 0 bridgehead atoms. The molecule has 1 aliphatic heterocycles. The van der Waals surface area contributed by atoms with E-state index in [2.05, 4.69) is 5.32 Å². The van der Waals surface area contributed by atoms with Gasteiger partial charge in [0.05, 0.1) is 5.69 Å². The first-order valence-corrected chi connectivity index (χ1v) is 10.6. The Labute approximate surface area is 195 Å². The van der Waals surface area contributed by atoms with Gasteiger partial charge in [0.15, 0.2) is 0 Å². The van der Waals surface area contributed by atoms with Crippen molar-refractivity contribution in [3.05, 3.63) is 105 Å². The van der Waals surface area contributed by atoms with Crippen molar-refractivity contribution in [3.8, 4) is 0 Å². The number of rotatable bonds is 4. The van der Waals surface area contributed by atoms with Gasteiger partial charge in [0.25, 0.3) is 11.8 Å². The summed E-state index contributed by atoms with van der Waals surface area (Å²) in [4.78, 5) is 39.0. The molecular formula is C26H20ClFN2O3. The van der Waals surface area contributed by atoms with E-state index in [4.69, 9.17) is 11.6 Å². The Morgan fingerprint density at radius 2 is 1.79 bits per heavy atom. The first kappa shape index (κ1) is 22.4. The van der Waals surface area contributed by atoms with Gasteiger partial charge >= 0.3 is 6.03 Å². The smallest absolute Gasteiger partial charge is 0.273 e. The number of urea groups is 1. The van der Waals surface area contributed by atoms with E-state index in [1.807, 2.05) is 19.1 Å². The summed E-state index contributed by atoms with van der Waals surface area (Å²) < 4.78 is 13.5. The highest BCUT2D eigenvalue weighted by molar-refractivity contribution is 6.39. The van der Waals surface area contributed by atoms with Crippen molar-refractivity contribution in [2.75, 3.05) is 4.90 Å². The third-order valence-electron chi connectivity index (χ3n) is 5.38. The predicted octanol–water partition coefficient (Wildman–Crippen LogP) is 5.35. The highest BCUT2D eigenvalue weighted by Crippen LogP contribution is 2.27. The molecule has 0 unspecified atom stereocenters. The second kappa shape index (κ2) is 9.00. The number of halogens is 2. The van der Waals surface area contributed by atoms with Crippen LogP contribution in [0.1, 0.15) is 27.8 Å². The number of barbiturate groups is 1. The summed E-state index contributed by atoms with van der Waals surface area (Å²) >= 11 is 6.42. The molecule has 0 radical (unpaired) electrons. The van der Waals surface area contributed by atoms with Crippen molar-refractivity contribution >= 4 is 41.2 Å². The van der Waals surface area contributed by atoms with Crippen molar-refractivity contribution in [2.24, 2.45) is 0 Å². The van der Waals surface area contributed by atoms with Crippen LogP contribution in [0, 0.1) is 19.7 Å². The molecular weight excluding hydrogens is 443 g/mol. The number of nitrogens with one attached hydrogen (secondary N) is 1. The third-order valence-corrected chi connectivity index (χ3v) is 5.73. The second-order valence-electron chi connectivity index (χ2n) is 7.91. The van der Waals surface area contributed by atoms with Crippen LogP contribution in [0.5, 0.6) is 0 Å². The monoisotopic (exact) mass is 462 g/mol. The number of anilines is 1. The van der Waals surface area contributed by atoms with Gasteiger partial charge < -0.3 is 0 Å². The van der Waals surface area contributed by atoms with E-state index < -0.39 is 17.8 Å². The van der Waals surface area contributed by atoms with Gasteiger partial charge in [-0.2, -0.15) is 0 Å². The van der Waals surface area contributed by atoms with Crippen LogP contribution in [0.15, 0.2) is 66.2 Å². The Hall–Kier alpha value is -3.77. The largest absolute Gasteiger partial charge is 0.335 e. The maximum absolute atomic E-state index is 13.5. The number of hydrogen-bond acceptors (Lipinski definition) is 3. The maximum Gasteiger partial charge on any atom is 0.335 e. The SMILES string of the molecule is Cc1ccc(C)c(N2C(=O)NC(=O)/C(=C\c3ccc(Cc4cccc(F)c4)c(Cl)c3)C2=O)c1. The summed E-state index contributed by atoms with van der Waals surface area (Å²) in [5.74, 6) is -1.81. The molecule has 3 aromatic rings. The molecule has 4 rings (SSSR count). The Balaban J connectivity index is 1.65. The van der Waals surface area contributed by atoms with E-state index in [1.54, 1.807) is 43.3 Å². The molecule has 0 aliphatic carbocycles. The molecule has 0 aromatic heterocycles. The lowest BCUT2D eigenvalue weighted by atomic mass is 10.0.